The normalized spacial score (nSPS) is 16.7. The van der Waals surface area contributed by atoms with Crippen molar-refractivity contribution in [3.05, 3.63) is 51.4 Å². The van der Waals surface area contributed by atoms with Gasteiger partial charge in [0.1, 0.15) is 11.1 Å². The fourth-order valence-corrected chi connectivity index (χ4v) is 4.65. The minimum Gasteiger partial charge on any atom is -0.312 e. The monoisotopic (exact) mass is 374 g/mol. The summed E-state index contributed by atoms with van der Waals surface area (Å²) in [6.45, 7) is 6.62. The molecule has 2 aromatic rings. The highest BCUT2D eigenvalue weighted by Crippen LogP contribution is 2.44. The maximum absolute atomic E-state index is 13.8. The molecule has 3 nitrogen and oxygen atoms in total. The molecule has 1 aromatic heterocycles. The smallest absolute Gasteiger partial charge is 0.259 e. The van der Waals surface area contributed by atoms with Crippen molar-refractivity contribution in [2.24, 2.45) is 11.3 Å². The van der Waals surface area contributed by atoms with Crippen molar-refractivity contribution in [3.8, 4) is 6.07 Å². The second-order valence-electron chi connectivity index (χ2n) is 7.68. The summed E-state index contributed by atoms with van der Waals surface area (Å²) in [6, 6.07) is 5.64. The predicted molar refractivity (Wildman–Crippen MR) is 98.3 cm³/mol. The molecule has 0 aliphatic heterocycles. The van der Waals surface area contributed by atoms with Gasteiger partial charge in [0.05, 0.1) is 11.1 Å². The van der Waals surface area contributed by atoms with Gasteiger partial charge in [-0.1, -0.05) is 26.8 Å². The lowest BCUT2D eigenvalue weighted by molar-refractivity contribution is 0.102. The summed E-state index contributed by atoms with van der Waals surface area (Å²) >= 11 is 1.37. The second-order valence-corrected chi connectivity index (χ2v) is 8.79. The third-order valence-corrected chi connectivity index (χ3v) is 6.19. The largest absolute Gasteiger partial charge is 0.312 e. The molecule has 0 saturated carbocycles. The van der Waals surface area contributed by atoms with E-state index in [1.165, 1.54) is 23.5 Å². The Bertz CT molecular complexity index is 906. The number of nitrogens with one attached hydrogen (secondary N) is 1. The maximum Gasteiger partial charge on any atom is 0.259 e. The SMILES string of the molecule is CC(C)(C)[C@@H]1CCc2c(sc(NC(=O)c3cccc(F)c3F)c2C#N)C1. The number of rotatable bonds is 2. The van der Waals surface area contributed by atoms with Gasteiger partial charge in [-0.15, -0.1) is 11.3 Å². The maximum atomic E-state index is 13.8. The van der Waals surface area contributed by atoms with Crippen molar-refractivity contribution >= 4 is 22.2 Å². The molecule has 0 fully saturated rings. The van der Waals surface area contributed by atoms with Gasteiger partial charge < -0.3 is 5.32 Å². The van der Waals surface area contributed by atoms with Crippen LogP contribution in [0.25, 0.3) is 0 Å². The highest BCUT2D eigenvalue weighted by Gasteiger charge is 2.32. The van der Waals surface area contributed by atoms with Crippen LogP contribution in [0.15, 0.2) is 18.2 Å². The van der Waals surface area contributed by atoms with Crippen LogP contribution in [0.1, 0.15) is 53.6 Å². The summed E-state index contributed by atoms with van der Waals surface area (Å²) in [7, 11) is 0. The van der Waals surface area contributed by atoms with Gasteiger partial charge in [-0.25, -0.2) is 8.78 Å². The van der Waals surface area contributed by atoms with E-state index in [1.54, 1.807) is 0 Å². The molecule has 1 heterocycles. The van der Waals surface area contributed by atoms with Crippen LogP contribution in [0.5, 0.6) is 0 Å². The summed E-state index contributed by atoms with van der Waals surface area (Å²) in [5.41, 5.74) is 1.23. The van der Waals surface area contributed by atoms with E-state index >= 15 is 0 Å². The van der Waals surface area contributed by atoms with Crippen molar-refractivity contribution in [1.29, 1.82) is 5.26 Å². The third-order valence-electron chi connectivity index (χ3n) is 5.03. The molecule has 0 bridgehead atoms. The lowest BCUT2D eigenvalue weighted by Gasteiger charge is -2.33. The number of hydrogen-bond donors (Lipinski definition) is 1. The van der Waals surface area contributed by atoms with Crippen molar-refractivity contribution in [2.75, 3.05) is 5.32 Å². The number of nitrogens with zero attached hydrogens (tertiary/aromatic N) is 1. The van der Waals surface area contributed by atoms with Gasteiger partial charge in [0.15, 0.2) is 11.6 Å². The first-order chi connectivity index (χ1) is 12.2. The van der Waals surface area contributed by atoms with Gasteiger partial charge in [-0.05, 0) is 48.3 Å². The van der Waals surface area contributed by atoms with Crippen LogP contribution in [0.4, 0.5) is 13.8 Å². The van der Waals surface area contributed by atoms with Crippen LogP contribution in [0, 0.1) is 34.3 Å². The van der Waals surface area contributed by atoms with Crippen LogP contribution < -0.4 is 5.32 Å². The number of fused-ring (bicyclic) bond motifs is 1. The first-order valence-corrected chi connectivity index (χ1v) is 9.34. The molecule has 6 heteroatoms. The number of carbonyl (C=O) groups excluding carboxylic acids is 1. The van der Waals surface area contributed by atoms with Crippen LogP contribution in [-0.2, 0) is 12.8 Å². The van der Waals surface area contributed by atoms with E-state index in [9.17, 15) is 18.8 Å². The predicted octanol–water partition coefficient (Wildman–Crippen LogP) is 5.30. The van der Waals surface area contributed by atoms with E-state index < -0.39 is 17.5 Å². The number of nitriles is 1. The lowest BCUT2D eigenvalue weighted by atomic mass is 9.72. The van der Waals surface area contributed by atoms with Gasteiger partial charge in [-0.2, -0.15) is 5.26 Å². The van der Waals surface area contributed by atoms with E-state index in [-0.39, 0.29) is 11.0 Å². The van der Waals surface area contributed by atoms with Crippen molar-refractivity contribution in [1.82, 2.24) is 0 Å². The molecule has 3 rings (SSSR count). The molecule has 1 aliphatic carbocycles. The summed E-state index contributed by atoms with van der Waals surface area (Å²) in [4.78, 5) is 13.5. The van der Waals surface area contributed by atoms with Crippen molar-refractivity contribution in [3.63, 3.8) is 0 Å². The molecule has 1 amide bonds. The van der Waals surface area contributed by atoms with Gasteiger partial charge in [0, 0.05) is 4.88 Å². The Kier molecular flexibility index (Phi) is 4.85. The van der Waals surface area contributed by atoms with Crippen molar-refractivity contribution in [2.45, 2.75) is 40.0 Å². The van der Waals surface area contributed by atoms with Gasteiger partial charge in [-0.3, -0.25) is 4.79 Å². The summed E-state index contributed by atoms with van der Waals surface area (Å²) in [6.07, 6.45) is 2.65. The average Bonchev–Trinajstić information content (AvgIpc) is 2.92. The van der Waals surface area contributed by atoms with Crippen LogP contribution in [-0.4, -0.2) is 5.91 Å². The number of carbonyl (C=O) groups is 1. The molecule has 0 spiro atoms. The minimum atomic E-state index is -1.18. The van der Waals surface area contributed by atoms with Gasteiger partial charge in [0.25, 0.3) is 5.91 Å². The molecule has 1 N–H and O–H groups in total. The molecule has 1 atom stereocenters. The van der Waals surface area contributed by atoms with E-state index in [0.717, 1.165) is 35.8 Å². The molecule has 0 radical (unpaired) electrons. The number of amides is 1. The lowest BCUT2D eigenvalue weighted by Crippen LogP contribution is -2.26. The molecular formula is C20H20F2N2OS. The van der Waals surface area contributed by atoms with E-state index in [4.69, 9.17) is 0 Å². The highest BCUT2D eigenvalue weighted by atomic mass is 32.1. The quantitative estimate of drug-likeness (QED) is 0.775. The second kappa shape index (κ2) is 6.81. The Labute approximate surface area is 155 Å². The van der Waals surface area contributed by atoms with E-state index in [2.05, 4.69) is 32.2 Å². The van der Waals surface area contributed by atoms with Crippen LogP contribution in [0.2, 0.25) is 0 Å². The summed E-state index contributed by atoms with van der Waals surface area (Å²) < 4.78 is 27.2. The Morgan fingerprint density at radius 3 is 2.73 bits per heavy atom. The molecule has 0 unspecified atom stereocenters. The Morgan fingerprint density at radius 2 is 2.08 bits per heavy atom. The zero-order valence-electron chi connectivity index (χ0n) is 15.0. The fraction of sp³-hybridized carbons (Fsp3) is 0.400. The molecule has 1 aliphatic rings. The van der Waals surface area contributed by atoms with E-state index in [0.29, 0.717) is 16.5 Å². The van der Waals surface area contributed by atoms with Crippen LogP contribution >= 0.6 is 11.3 Å². The zero-order valence-corrected chi connectivity index (χ0v) is 15.8. The molecule has 136 valence electrons. The summed E-state index contributed by atoms with van der Waals surface area (Å²) in [5, 5.41) is 12.6. The fourth-order valence-electron chi connectivity index (χ4n) is 3.38. The van der Waals surface area contributed by atoms with Crippen LogP contribution in [0.3, 0.4) is 0 Å². The topological polar surface area (TPSA) is 52.9 Å². The first-order valence-electron chi connectivity index (χ1n) is 8.52. The number of benzene rings is 1. The molecule has 26 heavy (non-hydrogen) atoms. The first kappa shape index (κ1) is 18.5. The minimum absolute atomic E-state index is 0.169. The zero-order chi connectivity index (χ0) is 19.1. The number of halogens is 2. The standard InChI is InChI=1S/C20H20F2N2OS/c1-20(2,3)11-7-8-12-14(10-23)19(26-16(12)9-11)24-18(25)13-5-4-6-15(21)17(13)22/h4-6,11H,7-9H2,1-3H3,(H,24,25)/t11-/m1/s1. The number of thiophene rings is 1. The Hall–Kier alpha value is -2.26. The Balaban J connectivity index is 1.90. The van der Waals surface area contributed by atoms with Gasteiger partial charge >= 0.3 is 0 Å². The van der Waals surface area contributed by atoms with Crippen molar-refractivity contribution < 1.29 is 13.6 Å². The summed E-state index contributed by atoms with van der Waals surface area (Å²) in [5.74, 6) is -2.50. The number of hydrogen-bond acceptors (Lipinski definition) is 3. The Morgan fingerprint density at radius 1 is 1.35 bits per heavy atom. The molecule has 1 aromatic carbocycles. The highest BCUT2D eigenvalue weighted by molar-refractivity contribution is 7.16. The third kappa shape index (κ3) is 3.36. The van der Waals surface area contributed by atoms with Gasteiger partial charge in [0.2, 0.25) is 0 Å². The molecule has 0 saturated heterocycles. The van der Waals surface area contributed by atoms with E-state index in [1.807, 2.05) is 0 Å². The average molecular weight is 374 g/mol. The number of anilines is 1. The molecular weight excluding hydrogens is 354 g/mol.